The Hall–Kier alpha value is -2.38. The summed E-state index contributed by atoms with van der Waals surface area (Å²) in [5, 5.41) is 2.79. The Balaban J connectivity index is 2.28. The second-order valence-corrected chi connectivity index (χ2v) is 4.06. The van der Waals surface area contributed by atoms with E-state index in [0.717, 1.165) is 0 Å². The zero-order chi connectivity index (χ0) is 15.5. The summed E-state index contributed by atoms with van der Waals surface area (Å²) in [6.07, 6.45) is -3.03. The number of hydrogen-bond donors (Lipinski definition) is 1. The largest absolute Gasteiger partial charge is 0.493 e. The molecule has 0 fully saturated rings. The van der Waals surface area contributed by atoms with Crippen molar-refractivity contribution in [2.75, 3.05) is 26.1 Å². The van der Waals surface area contributed by atoms with Gasteiger partial charge < -0.3 is 19.2 Å². The lowest BCUT2D eigenvalue weighted by molar-refractivity contribution is -0.153. The van der Waals surface area contributed by atoms with E-state index in [1.54, 1.807) is 13.1 Å². The van der Waals surface area contributed by atoms with Gasteiger partial charge in [-0.15, -0.1) is 0 Å². The van der Waals surface area contributed by atoms with E-state index in [2.05, 4.69) is 10.3 Å². The Kier molecular flexibility index (Phi) is 4.25. The first-order chi connectivity index (χ1) is 9.93. The van der Waals surface area contributed by atoms with E-state index in [9.17, 15) is 13.2 Å². The highest BCUT2D eigenvalue weighted by molar-refractivity contribution is 5.61. The molecule has 0 saturated carbocycles. The average molecular weight is 302 g/mol. The number of nitrogens with zero attached hydrogens (tertiary/aromatic N) is 1. The van der Waals surface area contributed by atoms with Crippen LogP contribution >= 0.6 is 0 Å². The Morgan fingerprint density at radius 2 is 2.05 bits per heavy atom. The van der Waals surface area contributed by atoms with Crippen molar-refractivity contribution in [3.8, 4) is 23.0 Å². The molecule has 1 N–H and O–H groups in total. The van der Waals surface area contributed by atoms with Crippen LogP contribution in [-0.4, -0.2) is 31.9 Å². The van der Waals surface area contributed by atoms with Crippen LogP contribution in [0, 0.1) is 0 Å². The summed E-state index contributed by atoms with van der Waals surface area (Å²) >= 11 is 0. The number of aromatic nitrogens is 1. The molecule has 0 aliphatic rings. The number of ether oxygens (including phenoxy) is 2. The van der Waals surface area contributed by atoms with Gasteiger partial charge in [-0.25, -0.2) is 0 Å². The van der Waals surface area contributed by atoms with Crippen LogP contribution in [0.4, 0.5) is 19.0 Å². The molecule has 1 heterocycles. The van der Waals surface area contributed by atoms with Crippen LogP contribution in [0.2, 0.25) is 0 Å². The molecular weight excluding hydrogens is 289 g/mol. The summed E-state index contributed by atoms with van der Waals surface area (Å²) in [6, 6.07) is 4.49. The minimum Gasteiger partial charge on any atom is -0.493 e. The third-order valence-electron chi connectivity index (χ3n) is 2.56. The van der Waals surface area contributed by atoms with Gasteiger partial charge in [0.05, 0.1) is 7.11 Å². The molecule has 21 heavy (non-hydrogen) atoms. The Morgan fingerprint density at radius 1 is 1.29 bits per heavy atom. The summed E-state index contributed by atoms with van der Waals surface area (Å²) in [5.41, 5.74) is 0.481. The second kappa shape index (κ2) is 5.94. The van der Waals surface area contributed by atoms with Crippen molar-refractivity contribution < 1.29 is 27.1 Å². The molecule has 2 aromatic rings. The van der Waals surface area contributed by atoms with Crippen LogP contribution in [0.25, 0.3) is 11.5 Å². The van der Waals surface area contributed by atoms with Gasteiger partial charge in [-0.1, -0.05) is 0 Å². The van der Waals surface area contributed by atoms with Gasteiger partial charge in [0.2, 0.25) is 5.89 Å². The maximum Gasteiger partial charge on any atom is 0.422 e. The maximum absolute atomic E-state index is 12.2. The number of hydrogen-bond acceptors (Lipinski definition) is 5. The number of benzene rings is 1. The van der Waals surface area contributed by atoms with Crippen molar-refractivity contribution in [3.05, 3.63) is 24.5 Å². The summed E-state index contributed by atoms with van der Waals surface area (Å²) in [7, 11) is 3.02. The smallest absolute Gasteiger partial charge is 0.422 e. The van der Waals surface area contributed by atoms with Crippen molar-refractivity contribution in [2.24, 2.45) is 0 Å². The highest BCUT2D eigenvalue weighted by Gasteiger charge is 2.29. The predicted molar refractivity (Wildman–Crippen MR) is 69.6 cm³/mol. The quantitative estimate of drug-likeness (QED) is 0.918. The van der Waals surface area contributed by atoms with Gasteiger partial charge in [-0.05, 0) is 18.2 Å². The van der Waals surface area contributed by atoms with Crippen molar-refractivity contribution in [1.82, 2.24) is 4.98 Å². The lowest BCUT2D eigenvalue weighted by Gasteiger charge is -2.13. The Labute approximate surface area is 118 Å². The molecule has 0 spiro atoms. The van der Waals surface area contributed by atoms with E-state index < -0.39 is 12.8 Å². The predicted octanol–water partition coefficient (Wildman–Crippen LogP) is 3.33. The molecule has 5 nitrogen and oxygen atoms in total. The number of halogens is 3. The number of anilines is 1. The van der Waals surface area contributed by atoms with E-state index in [4.69, 9.17) is 13.9 Å². The molecule has 0 unspecified atom stereocenters. The molecule has 1 aromatic carbocycles. The first-order valence-corrected chi connectivity index (χ1v) is 5.94. The lowest BCUT2D eigenvalue weighted by Crippen LogP contribution is -2.19. The van der Waals surface area contributed by atoms with E-state index in [1.165, 1.54) is 25.5 Å². The number of rotatable bonds is 5. The Bertz CT molecular complexity index is 611. The van der Waals surface area contributed by atoms with E-state index in [0.29, 0.717) is 11.4 Å². The minimum atomic E-state index is -4.43. The van der Waals surface area contributed by atoms with Gasteiger partial charge in [-0.3, -0.25) is 0 Å². The molecule has 0 bridgehead atoms. The van der Waals surface area contributed by atoms with Crippen LogP contribution in [0.3, 0.4) is 0 Å². The molecule has 0 radical (unpaired) electrons. The van der Waals surface area contributed by atoms with Crippen molar-refractivity contribution in [1.29, 1.82) is 0 Å². The van der Waals surface area contributed by atoms with E-state index in [-0.39, 0.29) is 17.4 Å². The van der Waals surface area contributed by atoms with E-state index >= 15 is 0 Å². The fourth-order valence-electron chi connectivity index (χ4n) is 1.60. The topological polar surface area (TPSA) is 56.5 Å². The van der Waals surface area contributed by atoms with Crippen molar-refractivity contribution >= 4 is 5.82 Å². The molecule has 1 aromatic heterocycles. The Morgan fingerprint density at radius 3 is 2.62 bits per heavy atom. The van der Waals surface area contributed by atoms with Crippen molar-refractivity contribution in [2.45, 2.75) is 6.18 Å². The zero-order valence-corrected chi connectivity index (χ0v) is 11.3. The monoisotopic (exact) mass is 302 g/mol. The third kappa shape index (κ3) is 3.80. The molecule has 114 valence electrons. The third-order valence-corrected chi connectivity index (χ3v) is 2.56. The fraction of sp³-hybridized carbons (Fsp3) is 0.308. The molecule has 0 amide bonds. The number of oxazole rings is 1. The van der Waals surface area contributed by atoms with Gasteiger partial charge in [-0.2, -0.15) is 18.2 Å². The fourth-order valence-corrected chi connectivity index (χ4v) is 1.60. The molecule has 8 heteroatoms. The van der Waals surface area contributed by atoms with Crippen LogP contribution < -0.4 is 14.8 Å². The lowest BCUT2D eigenvalue weighted by atomic mass is 10.2. The number of nitrogens with one attached hydrogen (secondary N) is 1. The summed E-state index contributed by atoms with van der Waals surface area (Å²) in [5.74, 6) is 0.942. The molecule has 0 atom stereocenters. The molecule has 0 saturated heterocycles. The number of alkyl halides is 3. The molecule has 0 aliphatic carbocycles. The van der Waals surface area contributed by atoms with Crippen LogP contribution in [0.1, 0.15) is 0 Å². The number of methoxy groups -OCH3 is 1. The molecular formula is C13H13F3N2O3. The van der Waals surface area contributed by atoms with Crippen LogP contribution in [0.5, 0.6) is 11.5 Å². The summed E-state index contributed by atoms with van der Waals surface area (Å²) < 4.78 is 51.7. The zero-order valence-electron chi connectivity index (χ0n) is 11.3. The normalized spacial score (nSPS) is 11.3. The second-order valence-electron chi connectivity index (χ2n) is 4.06. The van der Waals surface area contributed by atoms with E-state index in [1.807, 2.05) is 0 Å². The SMILES string of the molecule is CNc1coc(-c2ccc(OC)c(OCC(F)(F)F)c2)n1. The van der Waals surface area contributed by atoms with Crippen LogP contribution in [-0.2, 0) is 0 Å². The average Bonchev–Trinajstić information content (AvgIpc) is 2.93. The first kappa shape index (κ1) is 15.0. The minimum absolute atomic E-state index is 0.0310. The standard InChI is InChI=1S/C13H13F3N2O3/c1-17-11-6-20-12(18-11)8-3-4-9(19-2)10(5-8)21-7-13(14,15)16/h3-6,17H,7H2,1-2H3. The van der Waals surface area contributed by atoms with Crippen LogP contribution in [0.15, 0.2) is 28.9 Å². The van der Waals surface area contributed by atoms with Gasteiger partial charge in [0.15, 0.2) is 23.9 Å². The molecule has 0 aliphatic heterocycles. The highest BCUT2D eigenvalue weighted by Crippen LogP contribution is 2.33. The van der Waals surface area contributed by atoms with Gasteiger partial charge in [0, 0.05) is 12.6 Å². The van der Waals surface area contributed by atoms with Gasteiger partial charge >= 0.3 is 6.18 Å². The maximum atomic E-state index is 12.2. The summed E-state index contributed by atoms with van der Waals surface area (Å²) in [4.78, 5) is 4.11. The van der Waals surface area contributed by atoms with Gasteiger partial charge in [0.1, 0.15) is 6.26 Å². The molecule has 2 rings (SSSR count). The van der Waals surface area contributed by atoms with Crippen molar-refractivity contribution in [3.63, 3.8) is 0 Å². The highest BCUT2D eigenvalue weighted by atomic mass is 19.4. The van der Waals surface area contributed by atoms with Gasteiger partial charge in [0.25, 0.3) is 0 Å². The summed E-state index contributed by atoms with van der Waals surface area (Å²) in [6.45, 7) is -1.40. The first-order valence-electron chi connectivity index (χ1n) is 5.94.